The Morgan fingerprint density at radius 2 is 1.52 bits per heavy atom. The molecule has 6 heteroatoms. The lowest BCUT2D eigenvalue weighted by molar-refractivity contribution is 0.262. The minimum atomic E-state index is -0.288. The molecule has 0 radical (unpaired) electrons. The fourth-order valence-electron chi connectivity index (χ4n) is 2.58. The van der Waals surface area contributed by atoms with Gasteiger partial charge >= 0.3 is 6.03 Å². The molecule has 2 N–H and O–H groups in total. The Bertz CT molecular complexity index is 1010. The third kappa shape index (κ3) is 4.43. The van der Waals surface area contributed by atoms with Crippen LogP contribution < -0.4 is 15.4 Å². The molecule has 0 fully saturated rings. The number of anilines is 2. The van der Waals surface area contributed by atoms with E-state index in [-0.39, 0.29) is 6.03 Å². The average Bonchev–Trinajstić information content (AvgIpc) is 3.11. The second-order valence-electron chi connectivity index (χ2n) is 5.83. The number of aromatic nitrogens is 1. The molecule has 0 saturated heterocycles. The molecule has 27 heavy (non-hydrogen) atoms. The third-order valence-electron chi connectivity index (χ3n) is 3.84. The highest BCUT2D eigenvalue weighted by Crippen LogP contribution is 2.23. The fraction of sp³-hybridized carbons (Fsp3) is 0.0476. The predicted octanol–water partition coefficient (Wildman–Crippen LogP) is 5.52. The zero-order chi connectivity index (χ0) is 18.5. The summed E-state index contributed by atoms with van der Waals surface area (Å²) in [6.07, 6.45) is 0. The van der Waals surface area contributed by atoms with Gasteiger partial charge in [-0.3, -0.25) is 0 Å². The first-order valence-electron chi connectivity index (χ1n) is 8.47. The summed E-state index contributed by atoms with van der Waals surface area (Å²) in [5, 5.41) is 6.50. The number of amides is 2. The number of urea groups is 1. The molecule has 0 aliphatic heterocycles. The maximum Gasteiger partial charge on any atom is 0.323 e. The highest BCUT2D eigenvalue weighted by Gasteiger charge is 2.05. The van der Waals surface area contributed by atoms with Crippen molar-refractivity contribution in [3.8, 4) is 5.75 Å². The number of hydrogen-bond donors (Lipinski definition) is 2. The maximum atomic E-state index is 12.0. The van der Waals surface area contributed by atoms with E-state index in [4.69, 9.17) is 4.74 Å². The van der Waals surface area contributed by atoms with E-state index in [1.807, 2.05) is 60.7 Å². The van der Waals surface area contributed by atoms with Crippen LogP contribution in [0.5, 0.6) is 5.75 Å². The van der Waals surface area contributed by atoms with Crippen molar-refractivity contribution in [2.45, 2.75) is 6.61 Å². The largest absolute Gasteiger partial charge is 0.486 e. The van der Waals surface area contributed by atoms with Crippen LogP contribution in [0, 0.1) is 0 Å². The Balaban J connectivity index is 1.32. The minimum absolute atomic E-state index is 0.288. The van der Waals surface area contributed by atoms with Gasteiger partial charge in [-0.1, -0.05) is 30.3 Å². The number of carbonyl (C=O) groups excluding carboxylic acids is 1. The summed E-state index contributed by atoms with van der Waals surface area (Å²) in [4.78, 5) is 16.6. The molecular weight excluding hydrogens is 358 g/mol. The zero-order valence-corrected chi connectivity index (χ0v) is 15.2. The molecule has 0 aliphatic rings. The summed E-state index contributed by atoms with van der Waals surface area (Å²) in [5.74, 6) is 0.725. The van der Waals surface area contributed by atoms with Crippen LogP contribution in [0.15, 0.2) is 78.9 Å². The lowest BCUT2D eigenvalue weighted by atomic mass is 10.3. The molecule has 0 spiro atoms. The standard InChI is InChI=1S/C21H17N3O2S/c25-21(22-15-6-2-1-3-7-15)23-16-10-12-17(13-11-16)26-14-20-24-18-8-4-5-9-19(18)27-20/h1-13H,14H2,(H2,22,23,25). The lowest BCUT2D eigenvalue weighted by Crippen LogP contribution is -2.19. The van der Waals surface area contributed by atoms with Crippen molar-refractivity contribution in [1.82, 2.24) is 4.98 Å². The predicted molar refractivity (Wildman–Crippen MR) is 109 cm³/mol. The number of fused-ring (bicyclic) bond motifs is 1. The zero-order valence-electron chi connectivity index (χ0n) is 14.4. The number of para-hydroxylation sites is 2. The molecule has 0 aliphatic carbocycles. The van der Waals surface area contributed by atoms with E-state index in [9.17, 15) is 4.79 Å². The molecule has 5 nitrogen and oxygen atoms in total. The van der Waals surface area contributed by atoms with E-state index in [2.05, 4.69) is 21.7 Å². The summed E-state index contributed by atoms with van der Waals surface area (Å²) in [6, 6.07) is 24.3. The van der Waals surface area contributed by atoms with E-state index < -0.39 is 0 Å². The first kappa shape index (κ1) is 17.1. The number of thiazole rings is 1. The van der Waals surface area contributed by atoms with Crippen LogP contribution in [0.25, 0.3) is 10.2 Å². The van der Waals surface area contributed by atoms with Gasteiger partial charge in [0.05, 0.1) is 10.2 Å². The van der Waals surface area contributed by atoms with Crippen molar-refractivity contribution in [3.63, 3.8) is 0 Å². The molecule has 2 amide bonds. The van der Waals surface area contributed by atoms with Crippen molar-refractivity contribution in [2.75, 3.05) is 10.6 Å². The van der Waals surface area contributed by atoms with Crippen LogP contribution in [0.3, 0.4) is 0 Å². The smallest absolute Gasteiger partial charge is 0.323 e. The van der Waals surface area contributed by atoms with E-state index in [1.54, 1.807) is 23.5 Å². The molecule has 0 atom stereocenters. The van der Waals surface area contributed by atoms with Gasteiger partial charge in [0.15, 0.2) is 0 Å². The average molecular weight is 375 g/mol. The van der Waals surface area contributed by atoms with Crippen LogP contribution in [-0.2, 0) is 6.61 Å². The molecule has 4 rings (SSSR count). The first-order valence-corrected chi connectivity index (χ1v) is 9.28. The molecule has 0 unspecified atom stereocenters. The summed E-state index contributed by atoms with van der Waals surface area (Å²) in [5.41, 5.74) is 2.42. The van der Waals surface area contributed by atoms with Crippen LogP contribution in [0.4, 0.5) is 16.2 Å². The first-order chi connectivity index (χ1) is 13.3. The maximum absolute atomic E-state index is 12.0. The highest BCUT2D eigenvalue weighted by molar-refractivity contribution is 7.18. The lowest BCUT2D eigenvalue weighted by Gasteiger charge is -2.09. The van der Waals surface area contributed by atoms with E-state index in [0.717, 1.165) is 26.7 Å². The van der Waals surface area contributed by atoms with Crippen LogP contribution in [0.2, 0.25) is 0 Å². The van der Waals surface area contributed by atoms with Crippen molar-refractivity contribution < 1.29 is 9.53 Å². The van der Waals surface area contributed by atoms with Crippen LogP contribution in [0.1, 0.15) is 5.01 Å². The minimum Gasteiger partial charge on any atom is -0.486 e. The Morgan fingerprint density at radius 1 is 0.852 bits per heavy atom. The van der Waals surface area contributed by atoms with Gasteiger partial charge in [0.2, 0.25) is 0 Å². The summed E-state index contributed by atoms with van der Waals surface area (Å²) in [6.45, 7) is 0.417. The van der Waals surface area contributed by atoms with Crippen molar-refractivity contribution in [3.05, 3.63) is 83.9 Å². The molecule has 134 valence electrons. The van der Waals surface area contributed by atoms with Crippen LogP contribution >= 0.6 is 11.3 Å². The van der Waals surface area contributed by atoms with E-state index in [1.165, 1.54) is 0 Å². The Morgan fingerprint density at radius 3 is 2.26 bits per heavy atom. The Kier molecular flexibility index (Phi) is 4.98. The number of carbonyl (C=O) groups is 1. The number of hydrogen-bond acceptors (Lipinski definition) is 4. The number of benzene rings is 3. The van der Waals surface area contributed by atoms with Gasteiger partial charge in [-0.25, -0.2) is 9.78 Å². The summed E-state index contributed by atoms with van der Waals surface area (Å²) in [7, 11) is 0. The van der Waals surface area contributed by atoms with Gasteiger partial charge in [-0.2, -0.15) is 0 Å². The fourth-order valence-corrected chi connectivity index (χ4v) is 3.46. The molecule has 0 bridgehead atoms. The van der Waals surface area contributed by atoms with E-state index in [0.29, 0.717) is 12.3 Å². The van der Waals surface area contributed by atoms with Crippen LogP contribution in [-0.4, -0.2) is 11.0 Å². The normalized spacial score (nSPS) is 10.5. The molecule has 4 aromatic rings. The van der Waals surface area contributed by atoms with Crippen molar-refractivity contribution in [1.29, 1.82) is 0 Å². The van der Waals surface area contributed by atoms with Gasteiger partial charge in [0.1, 0.15) is 17.4 Å². The molecule has 0 saturated carbocycles. The highest BCUT2D eigenvalue weighted by atomic mass is 32.1. The Labute approximate surface area is 160 Å². The SMILES string of the molecule is O=C(Nc1ccccc1)Nc1ccc(OCc2nc3ccccc3s2)cc1. The van der Waals surface area contributed by atoms with Gasteiger partial charge in [-0.15, -0.1) is 11.3 Å². The second kappa shape index (κ2) is 7.88. The molecular formula is C21H17N3O2S. The molecule has 3 aromatic carbocycles. The molecule has 1 aromatic heterocycles. The summed E-state index contributed by atoms with van der Waals surface area (Å²) >= 11 is 1.63. The monoisotopic (exact) mass is 375 g/mol. The quantitative estimate of drug-likeness (QED) is 0.483. The molecule has 1 heterocycles. The van der Waals surface area contributed by atoms with Gasteiger partial charge in [-0.05, 0) is 48.5 Å². The number of nitrogens with one attached hydrogen (secondary N) is 2. The number of nitrogens with zero attached hydrogens (tertiary/aromatic N) is 1. The van der Waals surface area contributed by atoms with Crippen molar-refractivity contribution >= 4 is 39.0 Å². The topological polar surface area (TPSA) is 63.2 Å². The van der Waals surface area contributed by atoms with Crippen molar-refractivity contribution in [2.24, 2.45) is 0 Å². The second-order valence-corrected chi connectivity index (χ2v) is 6.95. The van der Waals surface area contributed by atoms with E-state index >= 15 is 0 Å². The van der Waals surface area contributed by atoms with Gasteiger partial charge in [0, 0.05) is 11.4 Å². The number of rotatable bonds is 5. The Hall–Kier alpha value is -3.38. The van der Waals surface area contributed by atoms with Gasteiger partial charge in [0.25, 0.3) is 0 Å². The third-order valence-corrected chi connectivity index (χ3v) is 4.85. The number of ether oxygens (including phenoxy) is 1. The van der Waals surface area contributed by atoms with Gasteiger partial charge < -0.3 is 15.4 Å². The summed E-state index contributed by atoms with van der Waals surface area (Å²) < 4.78 is 6.95.